The van der Waals surface area contributed by atoms with E-state index in [2.05, 4.69) is 26.3 Å². The van der Waals surface area contributed by atoms with Crippen molar-refractivity contribution in [3.8, 4) is 11.5 Å². The fraction of sp³-hybridized carbons (Fsp3) is 0.158. The molecule has 2 aromatic heterocycles. The molecule has 7 heteroatoms. The summed E-state index contributed by atoms with van der Waals surface area (Å²) < 4.78 is 10.8. The molecule has 6 nitrogen and oxygen atoms in total. The lowest BCUT2D eigenvalue weighted by Gasteiger charge is -2.15. The number of anilines is 2. The highest BCUT2D eigenvalue weighted by atomic mass is 35.5. The summed E-state index contributed by atoms with van der Waals surface area (Å²) in [5.74, 6) is 1.49. The van der Waals surface area contributed by atoms with Crippen LogP contribution in [0.4, 0.5) is 11.4 Å². The second-order valence-corrected chi connectivity index (χ2v) is 5.79. The highest BCUT2D eigenvalue weighted by Gasteiger charge is 2.12. The van der Waals surface area contributed by atoms with Crippen LogP contribution in [0.2, 0.25) is 0 Å². The molecule has 2 N–H and O–H groups in total. The summed E-state index contributed by atoms with van der Waals surface area (Å²) in [6.07, 6.45) is 1.58. The van der Waals surface area contributed by atoms with Gasteiger partial charge in [0.15, 0.2) is 0 Å². The Bertz CT molecular complexity index is 1080. The molecule has 0 spiro atoms. The largest absolute Gasteiger partial charge is 0.497 e. The Hall–Kier alpha value is -2.99. The number of halogens is 1. The normalized spacial score (nSPS) is 10.6. The van der Waals surface area contributed by atoms with Gasteiger partial charge in [-0.3, -0.25) is 0 Å². The number of aryl methyl sites for hydroxylation is 1. The van der Waals surface area contributed by atoms with Crippen molar-refractivity contribution in [2.45, 2.75) is 6.92 Å². The summed E-state index contributed by atoms with van der Waals surface area (Å²) in [5, 5.41) is 4.46. The molecule has 0 amide bonds. The minimum Gasteiger partial charge on any atom is -0.497 e. The van der Waals surface area contributed by atoms with Gasteiger partial charge in [0.2, 0.25) is 0 Å². The molecule has 4 aromatic rings. The van der Waals surface area contributed by atoms with E-state index >= 15 is 0 Å². The predicted molar refractivity (Wildman–Crippen MR) is 106 cm³/mol. The maximum Gasteiger partial charge on any atom is 0.142 e. The number of H-pyrrole nitrogens is 1. The third kappa shape index (κ3) is 2.99. The zero-order chi connectivity index (χ0) is 17.4. The molecule has 0 aliphatic heterocycles. The van der Waals surface area contributed by atoms with Crippen LogP contribution in [0, 0.1) is 6.92 Å². The number of methoxy groups -OCH3 is 2. The van der Waals surface area contributed by atoms with Crippen molar-refractivity contribution in [1.82, 2.24) is 15.0 Å². The summed E-state index contributed by atoms with van der Waals surface area (Å²) in [6.45, 7) is 2.02. The van der Waals surface area contributed by atoms with Crippen LogP contribution in [0.3, 0.4) is 0 Å². The standard InChI is InChI=1S/C19H18N4O2.ClH/c1-11-8-16(23-15-9-12(24-2)4-7-17(15)25-3)18-13(22-11)5-6-14-19(18)21-10-20-14;/h4-10,22-23H,1-3H3;1H. The molecule has 134 valence electrons. The number of ether oxygens (including phenoxy) is 2. The van der Waals surface area contributed by atoms with Gasteiger partial charge >= 0.3 is 0 Å². The number of hydrogen-bond acceptors (Lipinski definition) is 5. The van der Waals surface area contributed by atoms with E-state index in [4.69, 9.17) is 9.47 Å². The average molecular weight is 371 g/mol. The van der Waals surface area contributed by atoms with E-state index in [0.717, 1.165) is 50.5 Å². The lowest BCUT2D eigenvalue weighted by atomic mass is 10.1. The van der Waals surface area contributed by atoms with Crippen molar-refractivity contribution in [3.05, 3.63) is 48.4 Å². The number of aromatic amines is 1. The summed E-state index contributed by atoms with van der Waals surface area (Å²) >= 11 is 0. The van der Waals surface area contributed by atoms with E-state index in [0.29, 0.717) is 0 Å². The number of rotatable bonds is 4. The van der Waals surface area contributed by atoms with Crippen molar-refractivity contribution in [2.24, 2.45) is 0 Å². The minimum atomic E-state index is 0. The van der Waals surface area contributed by atoms with Gasteiger partial charge in [0.05, 0.1) is 31.1 Å². The Morgan fingerprint density at radius 3 is 2.58 bits per heavy atom. The predicted octanol–water partition coefficient (Wildman–Crippen LogP) is 4.60. The van der Waals surface area contributed by atoms with Gasteiger partial charge in [-0.1, -0.05) is 0 Å². The van der Waals surface area contributed by atoms with Gasteiger partial charge in [0.1, 0.15) is 23.3 Å². The third-order valence-electron chi connectivity index (χ3n) is 4.18. The summed E-state index contributed by atoms with van der Waals surface area (Å²) in [4.78, 5) is 12.1. The number of imidazole rings is 1. The van der Waals surface area contributed by atoms with Crippen LogP contribution in [0.1, 0.15) is 5.69 Å². The van der Waals surface area contributed by atoms with Crippen LogP contribution in [0.25, 0.3) is 21.9 Å². The first-order valence-electron chi connectivity index (χ1n) is 7.91. The molecule has 4 rings (SSSR count). The summed E-state index contributed by atoms with van der Waals surface area (Å²) in [5.41, 5.74) is 5.52. The molecule has 0 aliphatic rings. The molecule has 0 saturated heterocycles. The van der Waals surface area contributed by atoms with Crippen molar-refractivity contribution < 1.29 is 9.47 Å². The van der Waals surface area contributed by atoms with Gasteiger partial charge in [-0.2, -0.15) is 0 Å². The first kappa shape index (κ1) is 17.8. The Labute approximate surface area is 157 Å². The van der Waals surface area contributed by atoms with Gasteiger partial charge in [0, 0.05) is 22.7 Å². The smallest absolute Gasteiger partial charge is 0.142 e. The van der Waals surface area contributed by atoms with E-state index in [1.807, 2.05) is 37.3 Å². The topological polar surface area (TPSA) is 72.1 Å². The quantitative estimate of drug-likeness (QED) is 0.549. The lowest BCUT2D eigenvalue weighted by molar-refractivity contribution is 0.405. The molecular formula is C19H19ClN4O2. The number of benzene rings is 2. The minimum absolute atomic E-state index is 0. The molecule has 2 aromatic carbocycles. The molecule has 2 heterocycles. The van der Waals surface area contributed by atoms with Gasteiger partial charge in [0.25, 0.3) is 0 Å². The molecule has 0 bridgehead atoms. The van der Waals surface area contributed by atoms with Crippen LogP contribution in [0.5, 0.6) is 11.5 Å². The van der Waals surface area contributed by atoms with Crippen LogP contribution < -0.4 is 14.8 Å². The first-order chi connectivity index (χ1) is 12.2. The van der Waals surface area contributed by atoms with Gasteiger partial charge in [-0.05, 0) is 37.3 Å². The fourth-order valence-electron chi connectivity index (χ4n) is 3.03. The maximum absolute atomic E-state index is 5.48. The lowest BCUT2D eigenvalue weighted by Crippen LogP contribution is -1.98. The summed E-state index contributed by atoms with van der Waals surface area (Å²) in [7, 11) is 3.29. The Kier molecular flexibility index (Phi) is 4.86. The molecular weight excluding hydrogens is 352 g/mol. The van der Waals surface area contributed by atoms with E-state index in [-0.39, 0.29) is 12.4 Å². The second-order valence-electron chi connectivity index (χ2n) is 5.79. The van der Waals surface area contributed by atoms with E-state index in [1.165, 1.54) is 0 Å². The van der Waals surface area contributed by atoms with Crippen molar-refractivity contribution in [2.75, 3.05) is 19.5 Å². The molecule has 0 saturated carbocycles. The van der Waals surface area contributed by atoms with E-state index in [9.17, 15) is 0 Å². The number of pyridine rings is 1. The number of hydrogen-bond donors (Lipinski definition) is 2. The highest BCUT2D eigenvalue weighted by Crippen LogP contribution is 2.36. The first-order valence-corrected chi connectivity index (χ1v) is 7.91. The summed E-state index contributed by atoms with van der Waals surface area (Å²) in [6, 6.07) is 11.7. The fourth-order valence-corrected chi connectivity index (χ4v) is 3.03. The zero-order valence-electron chi connectivity index (χ0n) is 14.7. The molecule has 0 aliphatic carbocycles. The Morgan fingerprint density at radius 1 is 0.962 bits per heavy atom. The van der Waals surface area contributed by atoms with Crippen LogP contribution >= 0.6 is 12.4 Å². The Morgan fingerprint density at radius 2 is 1.81 bits per heavy atom. The molecule has 0 fully saturated rings. The van der Waals surface area contributed by atoms with Crippen LogP contribution in [0.15, 0.2) is 42.7 Å². The highest BCUT2D eigenvalue weighted by molar-refractivity contribution is 6.10. The molecule has 0 unspecified atom stereocenters. The zero-order valence-corrected chi connectivity index (χ0v) is 15.5. The number of nitrogens with one attached hydrogen (secondary N) is 2. The number of aromatic nitrogens is 3. The third-order valence-corrected chi connectivity index (χ3v) is 4.18. The maximum atomic E-state index is 5.48. The van der Waals surface area contributed by atoms with Gasteiger partial charge < -0.3 is 19.8 Å². The second kappa shape index (κ2) is 7.09. The van der Waals surface area contributed by atoms with Crippen molar-refractivity contribution in [3.63, 3.8) is 0 Å². The SMILES string of the molecule is COc1ccc(OC)c(Nc2cc(C)[nH]c3ccc4ncnc4c23)c1.Cl. The molecule has 0 atom stereocenters. The van der Waals surface area contributed by atoms with Crippen LogP contribution in [-0.4, -0.2) is 29.2 Å². The van der Waals surface area contributed by atoms with E-state index in [1.54, 1.807) is 20.5 Å². The molecule has 26 heavy (non-hydrogen) atoms. The number of fused-ring (bicyclic) bond motifs is 3. The number of nitrogens with zero attached hydrogens (tertiary/aromatic N) is 2. The van der Waals surface area contributed by atoms with E-state index < -0.39 is 0 Å². The Balaban J connectivity index is 0.00000196. The van der Waals surface area contributed by atoms with Crippen molar-refractivity contribution >= 4 is 45.7 Å². The van der Waals surface area contributed by atoms with Gasteiger partial charge in [-0.25, -0.2) is 9.97 Å². The monoisotopic (exact) mass is 370 g/mol. The average Bonchev–Trinajstić information content (AvgIpc) is 3.09. The van der Waals surface area contributed by atoms with Crippen molar-refractivity contribution in [1.29, 1.82) is 0 Å². The van der Waals surface area contributed by atoms with Gasteiger partial charge in [-0.15, -0.1) is 12.4 Å². The van der Waals surface area contributed by atoms with Crippen LogP contribution in [-0.2, 0) is 0 Å². The molecule has 0 radical (unpaired) electrons.